The van der Waals surface area contributed by atoms with Gasteiger partial charge in [-0.25, -0.2) is 4.98 Å². The predicted octanol–water partition coefficient (Wildman–Crippen LogP) is 2.92. The van der Waals surface area contributed by atoms with Crippen molar-refractivity contribution in [3.05, 3.63) is 71.2 Å². The minimum absolute atomic E-state index is 0.0496. The molecule has 0 spiro atoms. The molecule has 0 saturated carbocycles. The van der Waals surface area contributed by atoms with Gasteiger partial charge in [-0.05, 0) is 36.6 Å². The number of imidazole rings is 1. The number of carbonyl (C=O) groups is 1. The monoisotopic (exact) mass is 406 g/mol. The minimum atomic E-state index is -0.0496. The summed E-state index contributed by atoms with van der Waals surface area (Å²) in [5.74, 6) is 0.0190. The number of pyridine rings is 1. The fourth-order valence-corrected chi connectivity index (χ4v) is 4.22. The van der Waals surface area contributed by atoms with Gasteiger partial charge in [-0.1, -0.05) is 30.3 Å². The standard InChI is InChI=1S/C24H30N4O2/c1-18-6-3-4-8-20(18)21(22-17-26-24-19(2)7-5-10-28(22)24)16-23(29)25-9-11-27-12-14-30-15-13-27/h3-8,10,17,21H,9,11-16H2,1-2H3,(H,25,29). The van der Waals surface area contributed by atoms with E-state index < -0.39 is 0 Å². The van der Waals surface area contributed by atoms with Crippen LogP contribution in [0.25, 0.3) is 5.65 Å². The smallest absolute Gasteiger partial charge is 0.221 e. The molecule has 1 unspecified atom stereocenters. The summed E-state index contributed by atoms with van der Waals surface area (Å²) in [6, 6.07) is 12.4. The third-order valence-electron chi connectivity index (χ3n) is 5.92. The van der Waals surface area contributed by atoms with Crippen LogP contribution in [0.5, 0.6) is 0 Å². The summed E-state index contributed by atoms with van der Waals surface area (Å²) >= 11 is 0. The van der Waals surface area contributed by atoms with Crippen molar-refractivity contribution in [3.8, 4) is 0 Å². The fourth-order valence-electron chi connectivity index (χ4n) is 4.22. The summed E-state index contributed by atoms with van der Waals surface area (Å²) in [5, 5.41) is 3.12. The molecule has 158 valence electrons. The first-order valence-corrected chi connectivity index (χ1v) is 10.7. The van der Waals surface area contributed by atoms with Crippen LogP contribution in [0.1, 0.15) is 34.7 Å². The number of rotatable bonds is 7. The van der Waals surface area contributed by atoms with Crippen LogP contribution in [-0.4, -0.2) is 59.6 Å². The molecular weight excluding hydrogens is 376 g/mol. The molecule has 1 atom stereocenters. The molecule has 30 heavy (non-hydrogen) atoms. The van der Waals surface area contributed by atoms with Crippen molar-refractivity contribution in [2.45, 2.75) is 26.2 Å². The molecule has 3 heterocycles. The van der Waals surface area contributed by atoms with Crippen molar-refractivity contribution in [3.63, 3.8) is 0 Å². The Hall–Kier alpha value is -2.70. The second kappa shape index (κ2) is 9.41. The molecule has 3 aromatic rings. The molecule has 4 rings (SSSR count). The Morgan fingerprint density at radius 2 is 1.90 bits per heavy atom. The van der Waals surface area contributed by atoms with Gasteiger partial charge >= 0.3 is 0 Å². The van der Waals surface area contributed by atoms with Crippen LogP contribution in [0.3, 0.4) is 0 Å². The van der Waals surface area contributed by atoms with E-state index in [2.05, 4.69) is 51.6 Å². The number of aryl methyl sites for hydroxylation is 2. The van der Waals surface area contributed by atoms with E-state index in [1.807, 2.05) is 30.6 Å². The van der Waals surface area contributed by atoms with Gasteiger partial charge in [0.1, 0.15) is 5.65 Å². The lowest BCUT2D eigenvalue weighted by atomic mass is 9.89. The summed E-state index contributed by atoms with van der Waals surface area (Å²) in [7, 11) is 0. The lowest BCUT2D eigenvalue weighted by Gasteiger charge is -2.26. The number of hydrogen-bond donors (Lipinski definition) is 1. The molecule has 1 fully saturated rings. The zero-order valence-electron chi connectivity index (χ0n) is 17.8. The van der Waals surface area contributed by atoms with E-state index in [4.69, 9.17) is 4.74 Å². The highest BCUT2D eigenvalue weighted by atomic mass is 16.5. The number of morpholine rings is 1. The van der Waals surface area contributed by atoms with E-state index >= 15 is 0 Å². The molecule has 0 radical (unpaired) electrons. The molecule has 1 amide bonds. The summed E-state index contributed by atoms with van der Waals surface area (Å²) in [4.78, 5) is 19.9. The van der Waals surface area contributed by atoms with Crippen LogP contribution in [-0.2, 0) is 9.53 Å². The van der Waals surface area contributed by atoms with E-state index in [0.717, 1.165) is 49.8 Å². The van der Waals surface area contributed by atoms with Crippen molar-refractivity contribution in [2.24, 2.45) is 0 Å². The zero-order chi connectivity index (χ0) is 20.9. The van der Waals surface area contributed by atoms with Crippen LogP contribution in [0, 0.1) is 13.8 Å². The van der Waals surface area contributed by atoms with E-state index in [1.54, 1.807) is 0 Å². The third kappa shape index (κ3) is 4.55. The van der Waals surface area contributed by atoms with Gasteiger partial charge in [-0.2, -0.15) is 0 Å². The number of amides is 1. The highest BCUT2D eigenvalue weighted by molar-refractivity contribution is 5.77. The number of benzene rings is 1. The van der Waals surface area contributed by atoms with Crippen LogP contribution in [0.15, 0.2) is 48.8 Å². The molecule has 0 aliphatic carbocycles. The SMILES string of the molecule is Cc1ccccc1C(CC(=O)NCCN1CCOCC1)c1cnc2c(C)cccn12. The summed E-state index contributed by atoms with van der Waals surface area (Å²) < 4.78 is 7.51. The highest BCUT2D eigenvalue weighted by Gasteiger charge is 2.23. The summed E-state index contributed by atoms with van der Waals surface area (Å²) in [6.45, 7) is 9.10. The normalized spacial score (nSPS) is 15.9. The highest BCUT2D eigenvalue weighted by Crippen LogP contribution is 2.31. The molecule has 6 heteroatoms. The number of ether oxygens (including phenoxy) is 1. The van der Waals surface area contributed by atoms with E-state index in [0.29, 0.717) is 13.0 Å². The third-order valence-corrected chi connectivity index (χ3v) is 5.92. The molecule has 1 N–H and O–H groups in total. The lowest BCUT2D eigenvalue weighted by Crippen LogP contribution is -2.41. The van der Waals surface area contributed by atoms with Gasteiger partial charge in [0.15, 0.2) is 0 Å². The molecule has 1 aromatic carbocycles. The maximum absolute atomic E-state index is 12.9. The number of nitrogens with one attached hydrogen (secondary N) is 1. The fraction of sp³-hybridized carbons (Fsp3) is 0.417. The van der Waals surface area contributed by atoms with Crippen molar-refractivity contribution in [1.82, 2.24) is 19.6 Å². The van der Waals surface area contributed by atoms with E-state index in [-0.39, 0.29) is 11.8 Å². The second-order valence-electron chi connectivity index (χ2n) is 7.99. The Labute approximate surface area is 177 Å². The topological polar surface area (TPSA) is 58.9 Å². The Morgan fingerprint density at radius 1 is 1.13 bits per heavy atom. The van der Waals surface area contributed by atoms with Gasteiger partial charge in [0.25, 0.3) is 0 Å². The van der Waals surface area contributed by atoms with E-state index in [1.165, 1.54) is 11.1 Å². The number of nitrogens with zero attached hydrogens (tertiary/aromatic N) is 3. The van der Waals surface area contributed by atoms with Gasteiger partial charge in [-0.15, -0.1) is 0 Å². The molecular formula is C24H30N4O2. The van der Waals surface area contributed by atoms with Crippen LogP contribution in [0.4, 0.5) is 0 Å². The molecule has 1 aliphatic rings. The average molecular weight is 407 g/mol. The molecule has 0 bridgehead atoms. The van der Waals surface area contributed by atoms with Crippen LogP contribution >= 0.6 is 0 Å². The first-order chi connectivity index (χ1) is 14.6. The van der Waals surface area contributed by atoms with Crippen molar-refractivity contribution in [1.29, 1.82) is 0 Å². The van der Waals surface area contributed by atoms with Crippen molar-refractivity contribution in [2.75, 3.05) is 39.4 Å². The second-order valence-corrected chi connectivity index (χ2v) is 7.99. The average Bonchev–Trinajstić information content (AvgIpc) is 3.19. The maximum Gasteiger partial charge on any atom is 0.221 e. The number of carbonyl (C=O) groups excluding carboxylic acids is 1. The Morgan fingerprint density at radius 3 is 2.70 bits per heavy atom. The molecule has 2 aromatic heterocycles. The van der Waals surface area contributed by atoms with Gasteiger partial charge in [0.2, 0.25) is 5.91 Å². The van der Waals surface area contributed by atoms with Gasteiger partial charge in [-0.3, -0.25) is 9.69 Å². The summed E-state index contributed by atoms with van der Waals surface area (Å²) in [6.07, 6.45) is 4.35. The zero-order valence-corrected chi connectivity index (χ0v) is 17.8. The summed E-state index contributed by atoms with van der Waals surface area (Å²) in [5.41, 5.74) is 5.47. The number of aromatic nitrogens is 2. The van der Waals surface area contributed by atoms with Crippen LogP contribution < -0.4 is 5.32 Å². The van der Waals surface area contributed by atoms with Gasteiger partial charge in [0.05, 0.1) is 18.9 Å². The van der Waals surface area contributed by atoms with Gasteiger partial charge in [0, 0.05) is 50.9 Å². The Bertz CT molecular complexity index is 1010. The molecule has 1 saturated heterocycles. The Balaban J connectivity index is 1.53. The Kier molecular flexibility index (Phi) is 6.45. The quantitative estimate of drug-likeness (QED) is 0.656. The first-order valence-electron chi connectivity index (χ1n) is 10.7. The largest absolute Gasteiger partial charge is 0.379 e. The van der Waals surface area contributed by atoms with E-state index in [9.17, 15) is 4.79 Å². The predicted molar refractivity (Wildman–Crippen MR) is 118 cm³/mol. The van der Waals surface area contributed by atoms with Crippen molar-refractivity contribution >= 4 is 11.6 Å². The van der Waals surface area contributed by atoms with Crippen LogP contribution in [0.2, 0.25) is 0 Å². The first kappa shape index (κ1) is 20.6. The number of fused-ring (bicyclic) bond motifs is 1. The van der Waals surface area contributed by atoms with Gasteiger partial charge < -0.3 is 14.5 Å². The van der Waals surface area contributed by atoms with Crippen molar-refractivity contribution < 1.29 is 9.53 Å². The molecule has 1 aliphatic heterocycles. The lowest BCUT2D eigenvalue weighted by molar-refractivity contribution is -0.121. The maximum atomic E-state index is 12.9. The molecule has 6 nitrogen and oxygen atoms in total. The number of hydrogen-bond acceptors (Lipinski definition) is 4. The minimum Gasteiger partial charge on any atom is -0.379 e.